The Morgan fingerprint density at radius 2 is 1.38 bits per heavy atom. The Balaban J connectivity index is 1.35. The molecule has 0 aromatic heterocycles. The van der Waals surface area contributed by atoms with E-state index in [0.717, 1.165) is 25.7 Å². The average molecular weight is 539 g/mol. The van der Waals surface area contributed by atoms with Crippen LogP contribution in [0.25, 0.3) is 39.0 Å². The van der Waals surface area contributed by atoms with Crippen LogP contribution in [0, 0.1) is 0 Å². The molecule has 202 valence electrons. The second-order valence-corrected chi connectivity index (χ2v) is 11.9. The van der Waals surface area contributed by atoms with Crippen LogP contribution in [-0.4, -0.2) is 0 Å². The summed E-state index contributed by atoms with van der Waals surface area (Å²) in [5, 5.41) is 0. The molecule has 0 saturated carbocycles. The zero-order chi connectivity index (χ0) is 28.4. The van der Waals surface area contributed by atoms with Crippen molar-refractivity contribution in [1.82, 2.24) is 0 Å². The molecule has 0 nitrogen and oxygen atoms in total. The molecule has 42 heavy (non-hydrogen) atoms. The maximum atomic E-state index is 4.51. The lowest BCUT2D eigenvalue weighted by Gasteiger charge is -2.32. The van der Waals surface area contributed by atoms with E-state index in [9.17, 15) is 0 Å². The van der Waals surface area contributed by atoms with Crippen molar-refractivity contribution >= 4 is 16.7 Å². The first-order valence-corrected chi connectivity index (χ1v) is 15.3. The third kappa shape index (κ3) is 3.30. The molecule has 0 N–H and O–H groups in total. The summed E-state index contributed by atoms with van der Waals surface area (Å²) in [4.78, 5) is 0. The van der Waals surface area contributed by atoms with Crippen LogP contribution in [0.4, 0.5) is 0 Å². The predicted octanol–water partition coefficient (Wildman–Crippen LogP) is 11.1. The summed E-state index contributed by atoms with van der Waals surface area (Å²) < 4.78 is 0. The number of allylic oxidation sites excluding steroid dienone is 10. The highest BCUT2D eigenvalue weighted by Crippen LogP contribution is 2.64. The van der Waals surface area contributed by atoms with Crippen LogP contribution in [0.5, 0.6) is 0 Å². The smallest absolute Gasteiger partial charge is 0.0722 e. The molecule has 4 aliphatic carbocycles. The van der Waals surface area contributed by atoms with Crippen molar-refractivity contribution in [3.63, 3.8) is 0 Å². The van der Waals surface area contributed by atoms with E-state index in [1.54, 1.807) is 0 Å². The van der Waals surface area contributed by atoms with E-state index in [4.69, 9.17) is 0 Å². The fraction of sp³-hybridized carbons (Fsp3) is 0.143. The van der Waals surface area contributed by atoms with Crippen LogP contribution < -0.4 is 0 Å². The molecule has 0 saturated heterocycles. The van der Waals surface area contributed by atoms with Crippen molar-refractivity contribution in [3.8, 4) is 22.3 Å². The Labute approximate surface area is 249 Å². The molecule has 0 heterocycles. The first-order chi connectivity index (χ1) is 20.7. The lowest BCUT2D eigenvalue weighted by atomic mass is 9.69. The van der Waals surface area contributed by atoms with Gasteiger partial charge in [0, 0.05) is 0 Å². The first-order valence-electron chi connectivity index (χ1n) is 15.3. The van der Waals surface area contributed by atoms with Crippen molar-refractivity contribution in [2.24, 2.45) is 0 Å². The van der Waals surface area contributed by atoms with E-state index >= 15 is 0 Å². The second kappa shape index (κ2) is 9.43. The summed E-state index contributed by atoms with van der Waals surface area (Å²) in [6, 6.07) is 32.2. The fourth-order valence-electron chi connectivity index (χ4n) is 8.01. The van der Waals surface area contributed by atoms with E-state index in [-0.39, 0.29) is 5.41 Å². The maximum absolute atomic E-state index is 4.51. The summed E-state index contributed by atoms with van der Waals surface area (Å²) in [5.41, 5.74) is 19.6. The zero-order valence-corrected chi connectivity index (χ0v) is 24.2. The van der Waals surface area contributed by atoms with E-state index < -0.39 is 0 Å². The molecule has 4 aliphatic rings. The molecule has 0 unspecified atom stereocenters. The molecule has 4 aromatic rings. The zero-order valence-electron chi connectivity index (χ0n) is 24.2. The molecule has 0 radical (unpaired) electrons. The number of fused-ring (bicyclic) bond motifs is 11. The number of benzene rings is 4. The van der Waals surface area contributed by atoms with Gasteiger partial charge in [-0.25, -0.2) is 0 Å². The van der Waals surface area contributed by atoms with Gasteiger partial charge in [-0.15, -0.1) is 0 Å². The third-order valence-electron chi connectivity index (χ3n) is 9.76. The van der Waals surface area contributed by atoms with Crippen molar-refractivity contribution in [2.45, 2.75) is 38.0 Å². The number of hydrogen-bond donors (Lipinski definition) is 0. The first kappa shape index (κ1) is 25.1. The van der Waals surface area contributed by atoms with Gasteiger partial charge in [0.25, 0.3) is 0 Å². The van der Waals surface area contributed by atoms with Crippen LogP contribution >= 0.6 is 0 Å². The molecule has 0 bridgehead atoms. The van der Waals surface area contributed by atoms with Gasteiger partial charge >= 0.3 is 0 Å². The lowest BCUT2D eigenvalue weighted by molar-refractivity contribution is 0.782. The van der Waals surface area contributed by atoms with Gasteiger partial charge in [0.2, 0.25) is 0 Å². The summed E-state index contributed by atoms with van der Waals surface area (Å²) >= 11 is 0. The number of rotatable bonds is 4. The minimum atomic E-state index is -0.276. The Morgan fingerprint density at radius 1 is 0.714 bits per heavy atom. The molecule has 0 aliphatic heterocycles. The molecular weight excluding hydrogens is 504 g/mol. The van der Waals surface area contributed by atoms with Crippen molar-refractivity contribution in [1.29, 1.82) is 0 Å². The van der Waals surface area contributed by atoms with Gasteiger partial charge in [0.05, 0.1) is 5.41 Å². The Kier molecular flexibility index (Phi) is 5.63. The Bertz CT molecular complexity index is 1920. The summed E-state index contributed by atoms with van der Waals surface area (Å²) in [6.07, 6.45) is 15.6. The molecule has 0 atom stereocenters. The third-order valence-corrected chi connectivity index (χ3v) is 9.76. The monoisotopic (exact) mass is 538 g/mol. The second-order valence-electron chi connectivity index (χ2n) is 11.9. The lowest BCUT2D eigenvalue weighted by Crippen LogP contribution is -2.26. The van der Waals surface area contributed by atoms with Gasteiger partial charge < -0.3 is 0 Å². The summed E-state index contributed by atoms with van der Waals surface area (Å²) in [5.74, 6) is 0. The van der Waals surface area contributed by atoms with E-state index in [1.807, 2.05) is 6.08 Å². The Hall–Kier alpha value is -4.68. The highest BCUT2D eigenvalue weighted by molar-refractivity contribution is 6.01. The minimum absolute atomic E-state index is 0.276. The average Bonchev–Trinajstić information content (AvgIpc) is 3.51. The van der Waals surface area contributed by atoms with Crippen molar-refractivity contribution in [3.05, 3.63) is 173 Å². The number of hydrogen-bond acceptors (Lipinski definition) is 0. The van der Waals surface area contributed by atoms with E-state index in [2.05, 4.69) is 129 Å². The molecule has 4 aromatic carbocycles. The van der Waals surface area contributed by atoms with Crippen molar-refractivity contribution in [2.75, 3.05) is 0 Å². The van der Waals surface area contributed by atoms with E-state index in [1.165, 1.54) is 83.5 Å². The van der Waals surface area contributed by atoms with Gasteiger partial charge in [-0.2, -0.15) is 0 Å². The van der Waals surface area contributed by atoms with Crippen LogP contribution in [0.2, 0.25) is 0 Å². The van der Waals surface area contributed by atoms with Crippen molar-refractivity contribution < 1.29 is 0 Å². The van der Waals surface area contributed by atoms with Crippen LogP contribution in [0.15, 0.2) is 140 Å². The van der Waals surface area contributed by atoms with Gasteiger partial charge in [-0.1, -0.05) is 123 Å². The van der Waals surface area contributed by atoms with Crippen LogP contribution in [-0.2, 0) is 5.41 Å². The molecule has 1 spiro atoms. The SMILES string of the molecule is C=CC1=C(/C=C\CC)CC(=C)c2cc(-c3ccc4c(c3)C3(C5=CCCC=C54)c4ccccc4-c4ccccc43)ccc21. The summed E-state index contributed by atoms with van der Waals surface area (Å²) in [7, 11) is 0. The molecule has 0 amide bonds. The van der Waals surface area contributed by atoms with E-state index in [0.29, 0.717) is 0 Å². The van der Waals surface area contributed by atoms with Crippen LogP contribution in [0.3, 0.4) is 0 Å². The van der Waals surface area contributed by atoms with Gasteiger partial charge in [-0.3, -0.25) is 0 Å². The van der Waals surface area contributed by atoms with Crippen LogP contribution in [0.1, 0.15) is 66.0 Å². The Morgan fingerprint density at radius 3 is 2.10 bits per heavy atom. The van der Waals surface area contributed by atoms with Gasteiger partial charge in [-0.05, 0) is 121 Å². The van der Waals surface area contributed by atoms with Gasteiger partial charge in [0.15, 0.2) is 0 Å². The highest BCUT2D eigenvalue weighted by atomic mass is 14.5. The van der Waals surface area contributed by atoms with Gasteiger partial charge in [0.1, 0.15) is 0 Å². The largest absolute Gasteiger partial charge is 0.0984 e. The normalized spacial score (nSPS) is 17.4. The maximum Gasteiger partial charge on any atom is 0.0722 e. The predicted molar refractivity (Wildman–Crippen MR) is 179 cm³/mol. The fourth-order valence-corrected chi connectivity index (χ4v) is 8.01. The molecule has 0 fully saturated rings. The standard InChI is InChI=1S/C42H34/c1-4-6-13-30-24-27(3)37-25-28(20-22-32(37)31(30)5-2)29-21-23-36-35-16-9-12-19-40(35)42(41(36)26-29)38-17-10-7-14-33(38)34-15-8-11-18-39(34)42/h5-8,10-11,13-23,25-26H,2-4,9,12,24H2,1H3/b13-6-. The topological polar surface area (TPSA) is 0 Å². The quantitative estimate of drug-likeness (QED) is 0.242. The molecule has 8 rings (SSSR count). The molecular formula is C42H34. The summed E-state index contributed by atoms with van der Waals surface area (Å²) in [6.45, 7) is 10.9. The minimum Gasteiger partial charge on any atom is -0.0984 e. The highest BCUT2D eigenvalue weighted by Gasteiger charge is 2.53. The molecule has 0 heteroatoms.